The zero-order chi connectivity index (χ0) is 15.6. The summed E-state index contributed by atoms with van der Waals surface area (Å²) in [5.74, 6) is 1.60. The first-order valence-electron chi connectivity index (χ1n) is 6.93. The van der Waals surface area contributed by atoms with E-state index in [1.54, 1.807) is 23.1 Å². The van der Waals surface area contributed by atoms with Gasteiger partial charge in [0, 0.05) is 25.2 Å². The van der Waals surface area contributed by atoms with Gasteiger partial charge in [0.25, 0.3) is 0 Å². The van der Waals surface area contributed by atoms with Gasteiger partial charge < -0.3 is 14.7 Å². The van der Waals surface area contributed by atoms with E-state index in [4.69, 9.17) is 0 Å². The Bertz CT molecular complexity index is 795. The first-order chi connectivity index (χ1) is 11.3. The van der Waals surface area contributed by atoms with E-state index >= 15 is 0 Å². The van der Waals surface area contributed by atoms with Crippen molar-refractivity contribution >= 4 is 17.5 Å². The highest BCUT2D eigenvalue weighted by Gasteiger charge is 2.34. The number of nitrogens with one attached hydrogen (secondary N) is 1. The van der Waals surface area contributed by atoms with Crippen molar-refractivity contribution in [3.63, 3.8) is 0 Å². The van der Waals surface area contributed by atoms with E-state index in [1.807, 2.05) is 4.90 Å². The van der Waals surface area contributed by atoms with Crippen LogP contribution in [0.15, 0.2) is 41.9 Å². The third-order valence-corrected chi connectivity index (χ3v) is 3.56. The Morgan fingerprint density at radius 2 is 2.13 bits per heavy atom. The molecule has 3 aromatic rings. The molecule has 10 nitrogen and oxygen atoms in total. The van der Waals surface area contributed by atoms with Gasteiger partial charge in [-0.25, -0.2) is 19.6 Å². The van der Waals surface area contributed by atoms with Gasteiger partial charge in [-0.05, 0) is 0 Å². The summed E-state index contributed by atoms with van der Waals surface area (Å²) in [6, 6.07) is 3.41. The maximum absolute atomic E-state index is 12.0. The monoisotopic (exact) mass is 312 g/mol. The molecule has 116 valence electrons. The molecule has 0 aromatic carbocycles. The molecule has 0 unspecified atom stereocenters. The van der Waals surface area contributed by atoms with Crippen molar-refractivity contribution in [3.8, 4) is 5.82 Å². The number of carbonyl (C=O) groups is 1. The molecule has 23 heavy (non-hydrogen) atoms. The van der Waals surface area contributed by atoms with Crippen LogP contribution in [0.2, 0.25) is 0 Å². The molecule has 4 heterocycles. The third-order valence-electron chi connectivity index (χ3n) is 3.56. The van der Waals surface area contributed by atoms with E-state index in [0.717, 1.165) is 5.82 Å². The topological polar surface area (TPSA) is 115 Å². The van der Waals surface area contributed by atoms with Gasteiger partial charge in [0.1, 0.15) is 31.1 Å². The van der Waals surface area contributed by atoms with E-state index in [1.165, 1.54) is 18.9 Å². The molecule has 0 radical (unpaired) electrons. The van der Waals surface area contributed by atoms with Crippen molar-refractivity contribution in [2.75, 3.05) is 23.3 Å². The van der Waals surface area contributed by atoms with Crippen LogP contribution in [0.3, 0.4) is 0 Å². The lowest BCUT2D eigenvalue weighted by molar-refractivity contribution is -0.120. The van der Waals surface area contributed by atoms with Crippen molar-refractivity contribution in [1.82, 2.24) is 29.9 Å². The van der Waals surface area contributed by atoms with Crippen molar-refractivity contribution < 1.29 is 9.32 Å². The molecule has 0 atom stereocenters. The molecule has 1 aliphatic rings. The second-order valence-corrected chi connectivity index (χ2v) is 5.05. The third kappa shape index (κ3) is 2.61. The van der Waals surface area contributed by atoms with E-state index < -0.39 is 0 Å². The van der Waals surface area contributed by atoms with E-state index in [-0.39, 0.29) is 11.8 Å². The molecule has 1 amide bonds. The molecule has 0 spiro atoms. The van der Waals surface area contributed by atoms with Gasteiger partial charge in [0.15, 0.2) is 11.6 Å². The zero-order valence-electron chi connectivity index (χ0n) is 11.9. The highest BCUT2D eigenvalue weighted by molar-refractivity contribution is 5.93. The minimum absolute atomic E-state index is 0.0827. The molecule has 1 aliphatic heterocycles. The minimum atomic E-state index is -0.114. The Balaban J connectivity index is 1.40. The lowest BCUT2D eigenvalue weighted by Gasteiger charge is -2.38. The smallest absolute Gasteiger partial charge is 0.232 e. The number of nitrogens with zero attached hydrogens (tertiary/aromatic N) is 7. The molecule has 1 saturated heterocycles. The molecule has 4 rings (SSSR count). The Kier molecular flexibility index (Phi) is 3.18. The molecule has 3 aromatic heterocycles. The van der Waals surface area contributed by atoms with Crippen LogP contribution < -0.4 is 10.2 Å². The van der Waals surface area contributed by atoms with Crippen molar-refractivity contribution in [2.24, 2.45) is 5.92 Å². The van der Waals surface area contributed by atoms with Gasteiger partial charge in [0.05, 0.1) is 5.92 Å². The number of hydrogen-bond acceptors (Lipinski definition) is 8. The summed E-state index contributed by atoms with van der Waals surface area (Å²) in [5, 5.41) is 10.4. The lowest BCUT2D eigenvalue weighted by atomic mass is 9.99. The normalized spacial score (nSPS) is 14.5. The minimum Gasteiger partial charge on any atom is -0.363 e. The second kappa shape index (κ2) is 5.48. The van der Waals surface area contributed by atoms with Crippen LogP contribution >= 0.6 is 0 Å². The number of rotatable bonds is 4. The van der Waals surface area contributed by atoms with Crippen LogP contribution in [0.1, 0.15) is 0 Å². The molecule has 0 aliphatic carbocycles. The highest BCUT2D eigenvalue weighted by Crippen LogP contribution is 2.24. The molecular weight excluding hydrogens is 300 g/mol. The molecule has 1 fully saturated rings. The van der Waals surface area contributed by atoms with Crippen molar-refractivity contribution in [1.29, 1.82) is 0 Å². The number of hydrogen-bond donors (Lipinski definition) is 1. The highest BCUT2D eigenvalue weighted by atomic mass is 16.5. The van der Waals surface area contributed by atoms with E-state index in [9.17, 15) is 4.79 Å². The van der Waals surface area contributed by atoms with Crippen LogP contribution in [0.5, 0.6) is 0 Å². The summed E-state index contributed by atoms with van der Waals surface area (Å²) in [5.41, 5.74) is 0. The standard InChI is InChI=1S/C13H12N8O2/c22-13(18-10-1-2-23-19-10)9-4-20(5-9)11-3-12(16-7-15-11)21-8-14-6-17-21/h1-3,6-9H,4-5H2,(H,18,19,22). The van der Waals surface area contributed by atoms with Gasteiger partial charge in [-0.2, -0.15) is 5.10 Å². The summed E-state index contributed by atoms with van der Waals surface area (Å²) >= 11 is 0. The zero-order valence-corrected chi connectivity index (χ0v) is 11.9. The SMILES string of the molecule is O=C(Nc1ccon1)C1CN(c2cc(-n3cncn3)ncn2)C1. The van der Waals surface area contributed by atoms with Gasteiger partial charge >= 0.3 is 0 Å². The fourth-order valence-electron chi connectivity index (χ4n) is 2.30. The molecule has 10 heteroatoms. The van der Waals surface area contributed by atoms with Gasteiger partial charge in [0.2, 0.25) is 5.91 Å². The lowest BCUT2D eigenvalue weighted by Crippen LogP contribution is -2.52. The van der Waals surface area contributed by atoms with Crippen LogP contribution in [-0.2, 0) is 4.79 Å². The van der Waals surface area contributed by atoms with Crippen LogP contribution in [0, 0.1) is 5.92 Å². The fourth-order valence-corrected chi connectivity index (χ4v) is 2.30. The molecular formula is C13H12N8O2. The quantitative estimate of drug-likeness (QED) is 0.722. The maximum Gasteiger partial charge on any atom is 0.232 e. The molecule has 1 N–H and O–H groups in total. The maximum atomic E-state index is 12.0. The number of aromatic nitrogens is 6. The predicted molar refractivity (Wildman–Crippen MR) is 77.8 cm³/mol. The van der Waals surface area contributed by atoms with Crippen LogP contribution in [-0.4, -0.2) is 48.9 Å². The van der Waals surface area contributed by atoms with Crippen molar-refractivity contribution in [2.45, 2.75) is 0 Å². The summed E-state index contributed by atoms with van der Waals surface area (Å²) in [6.07, 6.45) is 5.89. The summed E-state index contributed by atoms with van der Waals surface area (Å²) in [4.78, 5) is 26.3. The number of anilines is 2. The first kappa shape index (κ1) is 13.4. The van der Waals surface area contributed by atoms with E-state index in [2.05, 4.69) is 35.0 Å². The van der Waals surface area contributed by atoms with Crippen molar-refractivity contribution in [3.05, 3.63) is 37.4 Å². The summed E-state index contributed by atoms with van der Waals surface area (Å²) in [6.45, 7) is 1.16. The molecule has 0 saturated carbocycles. The fraction of sp³-hybridized carbons (Fsp3) is 0.231. The average molecular weight is 312 g/mol. The Morgan fingerprint density at radius 3 is 2.87 bits per heavy atom. The van der Waals surface area contributed by atoms with Gasteiger partial charge in [-0.3, -0.25) is 4.79 Å². The van der Waals surface area contributed by atoms with Gasteiger partial charge in [-0.1, -0.05) is 5.16 Å². The summed E-state index contributed by atoms with van der Waals surface area (Å²) in [7, 11) is 0. The second-order valence-electron chi connectivity index (χ2n) is 5.05. The number of carbonyl (C=O) groups excluding carboxylic acids is 1. The predicted octanol–water partition coefficient (Wildman–Crippen LogP) is 0.120. The van der Waals surface area contributed by atoms with Crippen LogP contribution in [0.4, 0.5) is 11.6 Å². The Hall–Kier alpha value is -3.30. The Morgan fingerprint density at radius 1 is 1.26 bits per heavy atom. The molecule has 0 bridgehead atoms. The van der Waals surface area contributed by atoms with Gasteiger partial charge in [-0.15, -0.1) is 0 Å². The first-order valence-corrected chi connectivity index (χ1v) is 6.93. The van der Waals surface area contributed by atoms with E-state index in [0.29, 0.717) is 24.7 Å². The van der Waals surface area contributed by atoms with Crippen LogP contribution in [0.25, 0.3) is 5.82 Å². The largest absolute Gasteiger partial charge is 0.363 e. The average Bonchev–Trinajstić information content (AvgIpc) is 3.19. The summed E-state index contributed by atoms with van der Waals surface area (Å²) < 4.78 is 6.24. The number of amides is 1. The Labute approximate surface area is 130 Å².